The van der Waals surface area contributed by atoms with Crippen molar-refractivity contribution in [3.05, 3.63) is 16.0 Å². The molecule has 0 bridgehead atoms. The zero-order valence-corrected chi connectivity index (χ0v) is 18.2. The van der Waals surface area contributed by atoms with E-state index in [0.717, 1.165) is 42.5 Å². The molecule has 3 aliphatic rings. The topological polar surface area (TPSA) is 95.5 Å². The summed E-state index contributed by atoms with van der Waals surface area (Å²) in [5.74, 6) is -5.62. The third kappa shape index (κ3) is 4.76. The molecule has 1 aromatic rings. The molecule has 3 aliphatic carbocycles. The molecule has 1 aromatic heterocycles. The first-order chi connectivity index (χ1) is 14.7. The Balaban J connectivity index is 1.51. The molecule has 170 valence electrons. The summed E-state index contributed by atoms with van der Waals surface area (Å²) in [6.45, 7) is 0. The van der Waals surface area contributed by atoms with Crippen LogP contribution in [0.15, 0.2) is 0 Å². The van der Waals surface area contributed by atoms with Crippen molar-refractivity contribution in [1.82, 2.24) is 5.32 Å². The van der Waals surface area contributed by atoms with Crippen molar-refractivity contribution in [2.24, 2.45) is 11.8 Å². The van der Waals surface area contributed by atoms with Crippen molar-refractivity contribution in [3.63, 3.8) is 0 Å². The van der Waals surface area contributed by atoms with E-state index in [1.165, 1.54) is 11.3 Å². The number of hydrogen-bond acceptors (Lipinski definition) is 4. The molecule has 2 amide bonds. The number of halogens is 2. The molecule has 1 heterocycles. The minimum Gasteiger partial charge on any atom is -0.481 e. The highest BCUT2D eigenvalue weighted by Crippen LogP contribution is 2.41. The molecule has 6 nitrogen and oxygen atoms in total. The number of carbonyl (C=O) groups is 3. The Bertz CT molecular complexity index is 875. The Labute approximate surface area is 183 Å². The van der Waals surface area contributed by atoms with Gasteiger partial charge in [0.1, 0.15) is 5.00 Å². The first-order valence-electron chi connectivity index (χ1n) is 11.1. The van der Waals surface area contributed by atoms with Crippen molar-refractivity contribution in [3.8, 4) is 0 Å². The van der Waals surface area contributed by atoms with E-state index in [1.54, 1.807) is 0 Å². The molecule has 0 saturated heterocycles. The molecule has 3 N–H and O–H groups in total. The molecule has 2 saturated carbocycles. The molecule has 4 rings (SSSR count). The molecule has 0 aromatic carbocycles. The van der Waals surface area contributed by atoms with Gasteiger partial charge >= 0.3 is 5.97 Å². The zero-order chi connectivity index (χ0) is 22.2. The van der Waals surface area contributed by atoms with Gasteiger partial charge in [-0.1, -0.05) is 12.8 Å². The largest absolute Gasteiger partial charge is 0.481 e. The van der Waals surface area contributed by atoms with Crippen LogP contribution in [-0.2, 0) is 22.4 Å². The number of carboxylic acid groups (broad SMARTS) is 1. The van der Waals surface area contributed by atoms with E-state index < -0.39 is 23.7 Å². The van der Waals surface area contributed by atoms with Crippen LogP contribution in [0.2, 0.25) is 0 Å². The molecule has 0 spiro atoms. The number of thiophene rings is 1. The van der Waals surface area contributed by atoms with Crippen LogP contribution in [0.1, 0.15) is 78.6 Å². The van der Waals surface area contributed by atoms with Gasteiger partial charge in [0.05, 0.1) is 17.4 Å². The van der Waals surface area contributed by atoms with Crippen molar-refractivity contribution >= 4 is 34.1 Å². The first-order valence-corrected chi connectivity index (χ1v) is 11.9. The Hall–Kier alpha value is -2.03. The van der Waals surface area contributed by atoms with E-state index in [4.69, 9.17) is 0 Å². The van der Waals surface area contributed by atoms with Crippen LogP contribution >= 0.6 is 11.3 Å². The summed E-state index contributed by atoms with van der Waals surface area (Å²) in [7, 11) is 0. The number of fused-ring (bicyclic) bond motifs is 1. The molecule has 2 atom stereocenters. The quantitative estimate of drug-likeness (QED) is 0.616. The smallest absolute Gasteiger partial charge is 0.307 e. The normalized spacial score (nSPS) is 25.6. The number of nitrogens with one attached hydrogen (secondary N) is 2. The highest BCUT2D eigenvalue weighted by atomic mass is 32.1. The lowest BCUT2D eigenvalue weighted by Crippen LogP contribution is -2.41. The fourth-order valence-electron chi connectivity index (χ4n) is 5.12. The molecule has 0 aliphatic heterocycles. The summed E-state index contributed by atoms with van der Waals surface area (Å²) in [4.78, 5) is 38.7. The van der Waals surface area contributed by atoms with Gasteiger partial charge in [0.2, 0.25) is 11.8 Å². The number of rotatable bonds is 5. The Kier molecular flexibility index (Phi) is 6.32. The summed E-state index contributed by atoms with van der Waals surface area (Å²) in [5, 5.41) is 15.7. The van der Waals surface area contributed by atoms with Crippen LogP contribution in [0.3, 0.4) is 0 Å². The Morgan fingerprint density at radius 2 is 1.65 bits per heavy atom. The number of carboxylic acids is 1. The number of aliphatic carboxylic acids is 1. The van der Waals surface area contributed by atoms with Gasteiger partial charge in [-0.2, -0.15) is 0 Å². The minimum atomic E-state index is -2.66. The minimum absolute atomic E-state index is 0.231. The van der Waals surface area contributed by atoms with E-state index in [1.807, 2.05) is 0 Å². The zero-order valence-electron chi connectivity index (χ0n) is 17.3. The standard InChI is InChI=1S/C22H28F2N2O4S/c23-22(24)10-8-12(9-11-22)25-19(28)17-15-6-3-7-16(15)31-20(17)26-18(27)13-4-1-2-5-14(13)21(29)30/h12-14H,1-11H2,(H,25,28)(H,26,27)(H,29,30). The van der Waals surface area contributed by atoms with Crippen LogP contribution in [0.25, 0.3) is 0 Å². The molecular formula is C22H28F2N2O4S. The number of alkyl halides is 2. The Morgan fingerprint density at radius 1 is 0.968 bits per heavy atom. The summed E-state index contributed by atoms with van der Waals surface area (Å²) < 4.78 is 26.9. The lowest BCUT2D eigenvalue weighted by molar-refractivity contribution is -0.147. The fourth-order valence-corrected chi connectivity index (χ4v) is 6.41. The van der Waals surface area contributed by atoms with Crippen LogP contribution in [0, 0.1) is 11.8 Å². The number of carbonyl (C=O) groups excluding carboxylic acids is 2. The second-order valence-electron chi connectivity index (χ2n) is 8.99. The third-order valence-corrected chi connectivity index (χ3v) is 8.06. The summed E-state index contributed by atoms with van der Waals surface area (Å²) in [6.07, 6.45) is 5.12. The molecular weight excluding hydrogens is 426 g/mol. The van der Waals surface area contributed by atoms with Crippen LogP contribution < -0.4 is 10.6 Å². The molecule has 2 unspecified atom stereocenters. The van der Waals surface area contributed by atoms with Crippen molar-refractivity contribution in [2.75, 3.05) is 5.32 Å². The second kappa shape index (κ2) is 8.84. The Morgan fingerprint density at radius 3 is 2.32 bits per heavy atom. The summed E-state index contributed by atoms with van der Waals surface area (Å²) >= 11 is 1.38. The maximum Gasteiger partial charge on any atom is 0.307 e. The molecule has 9 heteroatoms. The van der Waals surface area contributed by atoms with Gasteiger partial charge in [-0.3, -0.25) is 14.4 Å². The van der Waals surface area contributed by atoms with E-state index in [-0.39, 0.29) is 43.5 Å². The van der Waals surface area contributed by atoms with Gasteiger partial charge in [-0.25, -0.2) is 8.78 Å². The second-order valence-corrected chi connectivity index (χ2v) is 10.1. The highest BCUT2D eigenvalue weighted by molar-refractivity contribution is 7.17. The maximum absolute atomic E-state index is 13.4. The SMILES string of the molecule is O=C(NC1CCC(F)(F)CC1)c1c(NC(=O)C2CCCCC2C(=O)O)sc2c1CCC2. The predicted octanol–water partition coefficient (Wildman–Crippen LogP) is 4.37. The van der Waals surface area contributed by atoms with Crippen LogP contribution in [-0.4, -0.2) is 34.9 Å². The number of amides is 2. The number of hydrogen-bond donors (Lipinski definition) is 3. The maximum atomic E-state index is 13.4. The van der Waals surface area contributed by atoms with Crippen molar-refractivity contribution in [2.45, 2.75) is 82.6 Å². The summed E-state index contributed by atoms with van der Waals surface area (Å²) in [6, 6.07) is -0.303. The van der Waals surface area contributed by atoms with E-state index in [0.29, 0.717) is 23.4 Å². The average Bonchev–Trinajstić information content (AvgIpc) is 3.30. The lowest BCUT2D eigenvalue weighted by atomic mass is 9.79. The third-order valence-electron chi connectivity index (χ3n) is 6.86. The van der Waals surface area contributed by atoms with Gasteiger partial charge in [0, 0.05) is 23.8 Å². The molecule has 31 heavy (non-hydrogen) atoms. The average molecular weight is 455 g/mol. The predicted molar refractivity (Wildman–Crippen MR) is 113 cm³/mol. The van der Waals surface area contributed by atoms with Crippen LogP contribution in [0.4, 0.5) is 13.8 Å². The lowest BCUT2D eigenvalue weighted by Gasteiger charge is -2.29. The van der Waals surface area contributed by atoms with Gasteiger partial charge in [-0.05, 0) is 50.5 Å². The van der Waals surface area contributed by atoms with Crippen molar-refractivity contribution < 1.29 is 28.3 Å². The first kappa shape index (κ1) is 22.2. The van der Waals surface area contributed by atoms with E-state index in [9.17, 15) is 28.3 Å². The molecule has 2 fully saturated rings. The van der Waals surface area contributed by atoms with Crippen molar-refractivity contribution in [1.29, 1.82) is 0 Å². The van der Waals surface area contributed by atoms with E-state index in [2.05, 4.69) is 10.6 Å². The van der Waals surface area contributed by atoms with Gasteiger partial charge in [0.15, 0.2) is 0 Å². The fraction of sp³-hybridized carbons (Fsp3) is 0.682. The number of aryl methyl sites for hydroxylation is 1. The van der Waals surface area contributed by atoms with Gasteiger partial charge in [-0.15, -0.1) is 11.3 Å². The van der Waals surface area contributed by atoms with Crippen LogP contribution in [0.5, 0.6) is 0 Å². The van der Waals surface area contributed by atoms with Gasteiger partial charge in [0.25, 0.3) is 5.91 Å². The molecule has 0 radical (unpaired) electrons. The highest BCUT2D eigenvalue weighted by Gasteiger charge is 2.38. The number of anilines is 1. The monoisotopic (exact) mass is 454 g/mol. The van der Waals surface area contributed by atoms with Gasteiger partial charge < -0.3 is 15.7 Å². The van der Waals surface area contributed by atoms with E-state index >= 15 is 0 Å². The summed E-state index contributed by atoms with van der Waals surface area (Å²) in [5.41, 5.74) is 1.36.